The Morgan fingerprint density at radius 1 is 1.29 bits per heavy atom. The summed E-state index contributed by atoms with van der Waals surface area (Å²) in [5.41, 5.74) is 2.11. The van der Waals surface area contributed by atoms with Crippen molar-refractivity contribution >= 4 is 47.8 Å². The minimum Gasteiger partial charge on any atom is -0.485 e. The van der Waals surface area contributed by atoms with Crippen LogP contribution in [0.25, 0.3) is 0 Å². The molecule has 3 nitrogen and oxygen atoms in total. The fourth-order valence-electron chi connectivity index (χ4n) is 1.86. The summed E-state index contributed by atoms with van der Waals surface area (Å²) in [5.74, 6) is 0.804. The quantitative estimate of drug-likeness (QED) is 0.485. The minimum atomic E-state index is 0.412. The number of hydrogen-bond donors (Lipinski definition) is 0. The lowest BCUT2D eigenvalue weighted by Crippen LogP contribution is -2.06. The molecular formula is C15H17Br3N2O. The van der Waals surface area contributed by atoms with Gasteiger partial charge in [0.2, 0.25) is 0 Å². The highest BCUT2D eigenvalue weighted by atomic mass is 79.9. The molecule has 0 bridgehead atoms. The van der Waals surface area contributed by atoms with E-state index in [1.165, 1.54) is 5.56 Å². The van der Waals surface area contributed by atoms with Crippen molar-refractivity contribution in [2.45, 2.75) is 38.2 Å². The van der Waals surface area contributed by atoms with E-state index in [2.05, 4.69) is 66.7 Å². The number of rotatable bonds is 6. The van der Waals surface area contributed by atoms with Gasteiger partial charge in [0.25, 0.3) is 0 Å². The Bertz CT molecular complexity index is 590. The molecule has 1 heterocycles. The van der Waals surface area contributed by atoms with Crippen molar-refractivity contribution in [3.63, 3.8) is 0 Å². The van der Waals surface area contributed by atoms with Gasteiger partial charge in [-0.15, -0.1) is 0 Å². The third kappa shape index (κ3) is 4.33. The van der Waals surface area contributed by atoms with Gasteiger partial charge in [0, 0.05) is 17.6 Å². The summed E-state index contributed by atoms with van der Waals surface area (Å²) in [4.78, 5) is 0. The smallest absolute Gasteiger partial charge is 0.148 e. The highest BCUT2D eigenvalue weighted by molar-refractivity contribution is 9.11. The molecule has 0 aliphatic heterocycles. The van der Waals surface area contributed by atoms with E-state index in [0.29, 0.717) is 12.6 Å². The van der Waals surface area contributed by atoms with Crippen LogP contribution in [0.4, 0.5) is 0 Å². The average Bonchev–Trinajstić information content (AvgIpc) is 2.94. The Kier molecular flexibility index (Phi) is 6.32. The molecule has 0 saturated carbocycles. The van der Waals surface area contributed by atoms with Gasteiger partial charge in [-0.2, -0.15) is 5.10 Å². The number of halogens is 3. The Morgan fingerprint density at radius 3 is 2.52 bits per heavy atom. The largest absolute Gasteiger partial charge is 0.485 e. The van der Waals surface area contributed by atoms with Gasteiger partial charge in [0.05, 0.1) is 14.6 Å². The first-order valence-corrected chi connectivity index (χ1v) is 9.46. The second-order valence-electron chi connectivity index (χ2n) is 4.86. The molecule has 1 unspecified atom stereocenters. The Morgan fingerprint density at radius 2 is 1.95 bits per heavy atom. The number of aromatic nitrogens is 2. The lowest BCUT2D eigenvalue weighted by atomic mass is 10.2. The average molecular weight is 481 g/mol. The first-order valence-electron chi connectivity index (χ1n) is 6.75. The number of ether oxygens (including phenoxy) is 1. The summed E-state index contributed by atoms with van der Waals surface area (Å²) in [7, 11) is 0. The van der Waals surface area contributed by atoms with E-state index in [1.54, 1.807) is 0 Å². The van der Waals surface area contributed by atoms with E-state index in [9.17, 15) is 0 Å². The van der Waals surface area contributed by atoms with Crippen molar-refractivity contribution in [1.82, 2.24) is 9.78 Å². The summed E-state index contributed by atoms with van der Waals surface area (Å²) in [5, 5.41) is 5.35. The predicted octanol–water partition coefficient (Wildman–Crippen LogP) is 5.85. The fourth-order valence-corrected chi connectivity index (χ4v) is 3.69. The van der Waals surface area contributed by atoms with Crippen molar-refractivity contribution < 1.29 is 4.74 Å². The van der Waals surface area contributed by atoms with Crippen LogP contribution >= 0.6 is 47.8 Å². The summed E-state index contributed by atoms with van der Waals surface area (Å²) in [6, 6.07) is 6.51. The van der Waals surface area contributed by atoms with Crippen molar-refractivity contribution in [1.29, 1.82) is 0 Å². The predicted molar refractivity (Wildman–Crippen MR) is 96.0 cm³/mol. The molecule has 0 radical (unpaired) electrons. The van der Waals surface area contributed by atoms with Crippen LogP contribution in [0.3, 0.4) is 0 Å². The molecule has 2 aromatic rings. The van der Waals surface area contributed by atoms with Gasteiger partial charge in [-0.25, -0.2) is 0 Å². The number of nitrogens with zero attached hydrogens (tertiary/aromatic N) is 2. The van der Waals surface area contributed by atoms with E-state index < -0.39 is 0 Å². The lowest BCUT2D eigenvalue weighted by Gasteiger charge is -2.11. The van der Waals surface area contributed by atoms with E-state index in [-0.39, 0.29) is 0 Å². The summed E-state index contributed by atoms with van der Waals surface area (Å²) >= 11 is 10.6. The molecule has 0 spiro atoms. The van der Waals surface area contributed by atoms with Gasteiger partial charge in [-0.1, -0.05) is 22.9 Å². The van der Waals surface area contributed by atoms with Crippen LogP contribution in [-0.2, 0) is 11.9 Å². The Balaban J connectivity index is 2.08. The normalized spacial score (nSPS) is 12.4. The van der Waals surface area contributed by atoms with Crippen molar-refractivity contribution in [2.75, 3.05) is 0 Å². The van der Waals surface area contributed by atoms with Gasteiger partial charge >= 0.3 is 0 Å². The number of hydrogen-bond acceptors (Lipinski definition) is 2. The van der Waals surface area contributed by atoms with E-state index >= 15 is 0 Å². The van der Waals surface area contributed by atoms with Crippen LogP contribution in [0.2, 0.25) is 0 Å². The van der Waals surface area contributed by atoms with Crippen molar-refractivity contribution in [2.24, 2.45) is 0 Å². The van der Waals surface area contributed by atoms with Crippen molar-refractivity contribution in [3.05, 3.63) is 44.6 Å². The molecule has 0 N–H and O–H groups in total. The maximum absolute atomic E-state index is 5.89. The molecule has 1 aromatic heterocycles. The molecule has 1 aromatic carbocycles. The molecule has 0 amide bonds. The van der Waals surface area contributed by atoms with Crippen LogP contribution in [0.1, 0.15) is 37.6 Å². The molecule has 1 atom stereocenters. The van der Waals surface area contributed by atoms with E-state index in [0.717, 1.165) is 32.1 Å². The van der Waals surface area contributed by atoms with Crippen LogP contribution in [0.15, 0.2) is 33.3 Å². The molecule has 0 fully saturated rings. The molecule has 6 heteroatoms. The second kappa shape index (κ2) is 7.79. The van der Waals surface area contributed by atoms with Gasteiger partial charge in [0.15, 0.2) is 0 Å². The molecule has 0 saturated heterocycles. The van der Waals surface area contributed by atoms with Gasteiger partial charge in [0.1, 0.15) is 12.4 Å². The van der Waals surface area contributed by atoms with Crippen LogP contribution < -0.4 is 4.74 Å². The summed E-state index contributed by atoms with van der Waals surface area (Å²) < 4.78 is 9.75. The SMILES string of the molecule is CCC(C)n1ccc(COc2c(Br)cc(CBr)cc2Br)n1. The summed E-state index contributed by atoms with van der Waals surface area (Å²) in [6.07, 6.45) is 3.07. The van der Waals surface area contributed by atoms with Crippen molar-refractivity contribution in [3.8, 4) is 5.75 Å². The van der Waals surface area contributed by atoms with Gasteiger partial charge in [-0.3, -0.25) is 4.68 Å². The highest BCUT2D eigenvalue weighted by Crippen LogP contribution is 2.35. The zero-order chi connectivity index (χ0) is 15.4. The Labute approximate surface area is 150 Å². The monoisotopic (exact) mass is 478 g/mol. The molecule has 0 aliphatic carbocycles. The highest BCUT2D eigenvalue weighted by Gasteiger charge is 2.10. The van der Waals surface area contributed by atoms with Crippen LogP contribution in [0, 0.1) is 0 Å². The minimum absolute atomic E-state index is 0.412. The number of alkyl halides is 1. The maximum Gasteiger partial charge on any atom is 0.148 e. The maximum atomic E-state index is 5.89. The molecule has 114 valence electrons. The fraction of sp³-hybridized carbons (Fsp3) is 0.400. The van der Waals surface area contributed by atoms with Gasteiger partial charge in [-0.05, 0) is 69.0 Å². The first kappa shape index (κ1) is 17.0. The lowest BCUT2D eigenvalue weighted by molar-refractivity contribution is 0.294. The standard InChI is InChI=1S/C15H17Br3N2O/c1-3-10(2)20-5-4-12(19-20)9-21-15-13(17)6-11(8-16)7-14(15)18/h4-7,10H,3,8-9H2,1-2H3. The number of benzene rings is 1. The second-order valence-corrected chi connectivity index (χ2v) is 7.12. The molecule has 2 rings (SSSR count). The zero-order valence-electron chi connectivity index (χ0n) is 11.9. The van der Waals surface area contributed by atoms with Gasteiger partial charge < -0.3 is 4.74 Å². The third-order valence-corrected chi connectivity index (χ3v) is 5.11. The van der Waals surface area contributed by atoms with E-state index in [4.69, 9.17) is 4.74 Å². The molecular weight excluding hydrogens is 464 g/mol. The molecule has 0 aliphatic rings. The zero-order valence-corrected chi connectivity index (χ0v) is 16.7. The Hall–Kier alpha value is -0.330. The van der Waals surface area contributed by atoms with Crippen LogP contribution in [-0.4, -0.2) is 9.78 Å². The van der Waals surface area contributed by atoms with Crippen LogP contribution in [0.5, 0.6) is 5.75 Å². The topological polar surface area (TPSA) is 27.1 Å². The first-order chi connectivity index (χ1) is 10.0. The van der Waals surface area contributed by atoms with E-state index in [1.807, 2.05) is 29.1 Å². The summed E-state index contributed by atoms with van der Waals surface area (Å²) in [6.45, 7) is 4.76. The molecule has 21 heavy (non-hydrogen) atoms. The third-order valence-electron chi connectivity index (χ3n) is 3.28.